The van der Waals surface area contributed by atoms with Gasteiger partial charge in [0.25, 0.3) is 0 Å². The molecule has 0 amide bonds. The van der Waals surface area contributed by atoms with Crippen molar-refractivity contribution >= 4 is 23.2 Å². The Bertz CT molecular complexity index is 491. The summed E-state index contributed by atoms with van der Waals surface area (Å²) in [5.74, 6) is 0. The van der Waals surface area contributed by atoms with Crippen LogP contribution in [-0.4, -0.2) is 9.55 Å². The molecule has 0 aliphatic rings. The van der Waals surface area contributed by atoms with Gasteiger partial charge in [0.1, 0.15) is 5.15 Å². The molecule has 16 heavy (non-hydrogen) atoms. The minimum Gasteiger partial charge on any atom is -0.298 e. The predicted molar refractivity (Wildman–Crippen MR) is 58.9 cm³/mol. The first kappa shape index (κ1) is 11.4. The van der Waals surface area contributed by atoms with Crippen molar-refractivity contribution in [1.29, 1.82) is 0 Å². The van der Waals surface area contributed by atoms with Gasteiger partial charge in [0.05, 0.1) is 5.69 Å². The van der Waals surface area contributed by atoms with Gasteiger partial charge in [0.15, 0.2) is 0 Å². The summed E-state index contributed by atoms with van der Waals surface area (Å²) in [5.41, 5.74) is 1.02. The molecule has 0 bridgehead atoms. The van der Waals surface area contributed by atoms with E-state index in [4.69, 9.17) is 23.2 Å². The summed E-state index contributed by atoms with van der Waals surface area (Å²) >= 11 is 11.5. The lowest BCUT2D eigenvalue weighted by atomic mass is 10.2. The molecule has 2 aromatic rings. The topological polar surface area (TPSA) is 17.8 Å². The number of hydrogen-bond acceptors (Lipinski definition) is 1. The lowest BCUT2D eigenvalue weighted by molar-refractivity contribution is 0.0707. The maximum absolute atomic E-state index is 12.3. The van der Waals surface area contributed by atoms with Gasteiger partial charge in [-0.3, -0.25) is 4.57 Å². The molecule has 0 saturated heterocycles. The van der Waals surface area contributed by atoms with Crippen molar-refractivity contribution in [3.05, 3.63) is 40.8 Å². The fraction of sp³-hybridized carbons (Fsp3) is 0.100. The fourth-order valence-corrected chi connectivity index (χ4v) is 1.77. The molecule has 0 spiro atoms. The van der Waals surface area contributed by atoms with Crippen LogP contribution in [0.1, 0.15) is 6.55 Å². The average Bonchev–Trinajstić information content (AvgIpc) is 2.64. The molecule has 0 aliphatic carbocycles. The van der Waals surface area contributed by atoms with Crippen LogP contribution in [0, 0.1) is 0 Å². The van der Waals surface area contributed by atoms with Crippen LogP contribution in [0.2, 0.25) is 10.2 Å². The van der Waals surface area contributed by atoms with E-state index in [1.54, 1.807) is 6.07 Å². The van der Waals surface area contributed by atoms with Gasteiger partial charge in [-0.15, -0.1) is 0 Å². The Morgan fingerprint density at radius 2 is 2.00 bits per heavy atom. The Morgan fingerprint density at radius 1 is 1.25 bits per heavy atom. The van der Waals surface area contributed by atoms with E-state index >= 15 is 0 Å². The monoisotopic (exact) mass is 262 g/mol. The summed E-state index contributed by atoms with van der Waals surface area (Å²) < 4.78 is 25.5. The van der Waals surface area contributed by atoms with Crippen LogP contribution in [0.5, 0.6) is 0 Å². The number of halogens is 4. The van der Waals surface area contributed by atoms with E-state index in [2.05, 4.69) is 4.98 Å². The highest BCUT2D eigenvalue weighted by Crippen LogP contribution is 2.25. The zero-order chi connectivity index (χ0) is 11.7. The third kappa shape index (κ3) is 2.33. The molecule has 2 aromatic heterocycles. The molecule has 0 N–H and O–H groups in total. The number of alkyl halides is 2. The van der Waals surface area contributed by atoms with E-state index in [0.29, 0.717) is 16.3 Å². The fourth-order valence-electron chi connectivity index (χ4n) is 1.30. The van der Waals surface area contributed by atoms with E-state index < -0.39 is 6.55 Å². The SMILES string of the molecule is FC(F)n1ccc(-c2cc(Cl)cc(Cl)n2)c1. The maximum atomic E-state index is 12.3. The molecule has 0 unspecified atom stereocenters. The number of hydrogen-bond donors (Lipinski definition) is 0. The molecule has 84 valence electrons. The average molecular weight is 263 g/mol. The Kier molecular flexibility index (Phi) is 3.12. The summed E-state index contributed by atoms with van der Waals surface area (Å²) in [6.07, 6.45) is 2.57. The van der Waals surface area contributed by atoms with Crippen LogP contribution in [-0.2, 0) is 0 Å². The highest BCUT2D eigenvalue weighted by molar-refractivity contribution is 6.34. The van der Waals surface area contributed by atoms with Gasteiger partial charge in [-0.2, -0.15) is 8.78 Å². The summed E-state index contributed by atoms with van der Waals surface area (Å²) in [5, 5.41) is 0.645. The van der Waals surface area contributed by atoms with E-state index in [0.717, 1.165) is 4.57 Å². The Balaban J connectivity index is 2.42. The minimum absolute atomic E-state index is 0.229. The second kappa shape index (κ2) is 4.39. The first-order chi connectivity index (χ1) is 7.56. The van der Waals surface area contributed by atoms with Crippen molar-refractivity contribution in [3.63, 3.8) is 0 Å². The maximum Gasteiger partial charge on any atom is 0.318 e. The molecule has 0 atom stereocenters. The second-order valence-corrected chi connectivity index (χ2v) is 3.94. The first-order valence-corrected chi connectivity index (χ1v) is 5.11. The summed E-state index contributed by atoms with van der Waals surface area (Å²) in [6, 6.07) is 4.58. The van der Waals surface area contributed by atoms with Crippen molar-refractivity contribution < 1.29 is 8.78 Å². The van der Waals surface area contributed by atoms with E-state index in [1.807, 2.05) is 0 Å². The van der Waals surface area contributed by atoms with Crippen molar-refractivity contribution in [3.8, 4) is 11.3 Å². The normalized spacial score (nSPS) is 11.1. The molecule has 0 radical (unpaired) electrons. The molecular weight excluding hydrogens is 257 g/mol. The first-order valence-electron chi connectivity index (χ1n) is 4.35. The molecule has 0 fully saturated rings. The molecule has 0 saturated carbocycles. The molecule has 0 aromatic carbocycles. The Labute approximate surface area is 100 Å². The largest absolute Gasteiger partial charge is 0.318 e. The standard InChI is InChI=1S/C10H6Cl2F2N2/c11-7-3-8(15-9(12)4-7)6-1-2-16(5-6)10(13)14/h1-5,10H. The van der Waals surface area contributed by atoms with Crippen LogP contribution in [0.25, 0.3) is 11.3 Å². The zero-order valence-electron chi connectivity index (χ0n) is 7.87. The third-order valence-electron chi connectivity index (χ3n) is 1.99. The predicted octanol–water partition coefficient (Wildman–Crippen LogP) is 4.25. The smallest absolute Gasteiger partial charge is 0.298 e. The highest BCUT2D eigenvalue weighted by atomic mass is 35.5. The molecule has 6 heteroatoms. The van der Waals surface area contributed by atoms with Gasteiger partial charge >= 0.3 is 6.55 Å². The number of nitrogens with zero attached hydrogens (tertiary/aromatic N) is 2. The van der Waals surface area contributed by atoms with Crippen molar-refractivity contribution in [2.24, 2.45) is 0 Å². The van der Waals surface area contributed by atoms with Crippen LogP contribution < -0.4 is 0 Å². The number of aromatic nitrogens is 2. The third-order valence-corrected chi connectivity index (χ3v) is 2.41. The summed E-state index contributed by atoms with van der Waals surface area (Å²) in [7, 11) is 0. The molecule has 2 nitrogen and oxygen atoms in total. The van der Waals surface area contributed by atoms with Gasteiger partial charge in [-0.25, -0.2) is 4.98 Å². The van der Waals surface area contributed by atoms with E-state index in [9.17, 15) is 8.78 Å². The van der Waals surface area contributed by atoms with Crippen LogP contribution in [0.3, 0.4) is 0 Å². The molecule has 2 heterocycles. The van der Waals surface area contributed by atoms with Gasteiger partial charge < -0.3 is 0 Å². The van der Waals surface area contributed by atoms with Crippen molar-refractivity contribution in [1.82, 2.24) is 9.55 Å². The number of rotatable bonds is 2. The molecular formula is C10H6Cl2F2N2. The Hall–Kier alpha value is -1.13. The molecule has 2 rings (SSSR count). The van der Waals surface area contributed by atoms with Gasteiger partial charge in [0, 0.05) is 23.0 Å². The lowest BCUT2D eigenvalue weighted by Gasteiger charge is -2.00. The Morgan fingerprint density at radius 3 is 2.56 bits per heavy atom. The summed E-state index contributed by atoms with van der Waals surface area (Å²) in [6.45, 7) is -2.57. The van der Waals surface area contributed by atoms with Crippen LogP contribution >= 0.6 is 23.2 Å². The summed E-state index contributed by atoms with van der Waals surface area (Å²) in [4.78, 5) is 4.00. The van der Waals surface area contributed by atoms with Gasteiger partial charge in [0.2, 0.25) is 0 Å². The van der Waals surface area contributed by atoms with Crippen LogP contribution in [0.4, 0.5) is 8.78 Å². The van der Waals surface area contributed by atoms with Gasteiger partial charge in [-0.1, -0.05) is 23.2 Å². The zero-order valence-corrected chi connectivity index (χ0v) is 9.38. The van der Waals surface area contributed by atoms with E-state index in [-0.39, 0.29) is 5.15 Å². The minimum atomic E-state index is -2.57. The van der Waals surface area contributed by atoms with Crippen molar-refractivity contribution in [2.45, 2.75) is 6.55 Å². The van der Waals surface area contributed by atoms with E-state index in [1.165, 1.54) is 24.5 Å². The molecule has 0 aliphatic heterocycles. The quantitative estimate of drug-likeness (QED) is 0.740. The van der Waals surface area contributed by atoms with Gasteiger partial charge in [-0.05, 0) is 18.2 Å². The number of pyridine rings is 1. The van der Waals surface area contributed by atoms with Crippen molar-refractivity contribution in [2.75, 3.05) is 0 Å². The highest BCUT2D eigenvalue weighted by Gasteiger charge is 2.09. The van der Waals surface area contributed by atoms with Crippen LogP contribution in [0.15, 0.2) is 30.6 Å². The lowest BCUT2D eigenvalue weighted by Crippen LogP contribution is -1.92. The second-order valence-electron chi connectivity index (χ2n) is 3.12.